The Morgan fingerprint density at radius 2 is 2.00 bits per heavy atom. The van der Waals surface area contributed by atoms with Gasteiger partial charge in [-0.3, -0.25) is 4.99 Å². The lowest BCUT2D eigenvalue weighted by atomic mass is 9.98. The smallest absolute Gasteiger partial charge is 0.186 e. The van der Waals surface area contributed by atoms with Crippen LogP contribution in [-0.2, 0) is 4.74 Å². The van der Waals surface area contributed by atoms with Crippen molar-refractivity contribution >= 4 is 12.2 Å². The second kappa shape index (κ2) is 5.73. The van der Waals surface area contributed by atoms with Crippen LogP contribution >= 0.6 is 0 Å². The first-order valence-electron chi connectivity index (χ1n) is 4.94. The molecule has 0 aromatic carbocycles. The van der Waals surface area contributed by atoms with Crippen molar-refractivity contribution in [2.24, 2.45) is 9.98 Å². The summed E-state index contributed by atoms with van der Waals surface area (Å²) >= 11 is 0. The van der Waals surface area contributed by atoms with Crippen LogP contribution in [0.15, 0.2) is 9.98 Å². The molecule has 0 atom stereocenters. The van der Waals surface area contributed by atoms with Crippen LogP contribution in [0.2, 0.25) is 0 Å². The summed E-state index contributed by atoms with van der Waals surface area (Å²) in [5, 5.41) is 0. The molecule has 0 amide bonds. The summed E-state index contributed by atoms with van der Waals surface area (Å²) < 4.78 is 5.65. The molecule has 0 aromatic heterocycles. The minimum absolute atomic E-state index is 0.391. The van der Waals surface area contributed by atoms with E-state index in [4.69, 9.17) is 4.74 Å². The van der Waals surface area contributed by atoms with Crippen LogP contribution in [0, 0.1) is 0 Å². The summed E-state index contributed by atoms with van der Waals surface area (Å²) in [6, 6.07) is 0. The molecule has 3 nitrogen and oxygen atoms in total. The first kappa shape index (κ1) is 10.2. The first-order chi connectivity index (χ1) is 6.33. The molecule has 1 fully saturated rings. The van der Waals surface area contributed by atoms with Crippen molar-refractivity contribution in [2.45, 2.75) is 45.1 Å². The van der Waals surface area contributed by atoms with Crippen LogP contribution in [0.4, 0.5) is 0 Å². The molecule has 1 aliphatic carbocycles. The fraction of sp³-hybridized carbons (Fsp3) is 0.800. The summed E-state index contributed by atoms with van der Waals surface area (Å²) in [5.74, 6) is 0.734. The standard InChI is InChI=1S/C10H18N2O/c1-9(12-8-11-2)13-10-6-4-3-5-7-10/h8,10H,3-7H2,1-2H3. The highest BCUT2D eigenvalue weighted by Gasteiger charge is 2.14. The number of ether oxygens (including phenoxy) is 1. The fourth-order valence-corrected chi connectivity index (χ4v) is 1.59. The fourth-order valence-electron chi connectivity index (χ4n) is 1.59. The molecule has 0 unspecified atom stereocenters. The van der Waals surface area contributed by atoms with Gasteiger partial charge in [0.05, 0.1) is 0 Å². The Balaban J connectivity index is 2.29. The van der Waals surface area contributed by atoms with Gasteiger partial charge in [-0.05, 0) is 25.7 Å². The number of aliphatic imine (C=N–C) groups is 2. The van der Waals surface area contributed by atoms with Gasteiger partial charge in [-0.15, -0.1) is 0 Å². The molecule has 3 heteroatoms. The second-order valence-electron chi connectivity index (χ2n) is 3.40. The van der Waals surface area contributed by atoms with E-state index in [1.54, 1.807) is 7.05 Å². The van der Waals surface area contributed by atoms with Crippen molar-refractivity contribution in [3.05, 3.63) is 0 Å². The van der Waals surface area contributed by atoms with Crippen molar-refractivity contribution < 1.29 is 4.74 Å². The van der Waals surface area contributed by atoms with Gasteiger partial charge in [-0.2, -0.15) is 0 Å². The summed E-state index contributed by atoms with van der Waals surface area (Å²) in [4.78, 5) is 7.82. The Kier molecular flexibility index (Phi) is 4.50. The molecular weight excluding hydrogens is 164 g/mol. The summed E-state index contributed by atoms with van der Waals surface area (Å²) in [5.41, 5.74) is 0. The van der Waals surface area contributed by atoms with Crippen LogP contribution in [0.1, 0.15) is 39.0 Å². The Labute approximate surface area is 79.9 Å². The Morgan fingerprint density at radius 1 is 1.31 bits per heavy atom. The number of nitrogens with zero attached hydrogens (tertiary/aromatic N) is 2. The highest BCUT2D eigenvalue weighted by atomic mass is 16.5. The van der Waals surface area contributed by atoms with Gasteiger partial charge in [-0.1, -0.05) is 6.42 Å². The monoisotopic (exact) mass is 182 g/mol. The third-order valence-electron chi connectivity index (χ3n) is 2.24. The zero-order valence-corrected chi connectivity index (χ0v) is 8.49. The third-order valence-corrected chi connectivity index (χ3v) is 2.24. The van der Waals surface area contributed by atoms with E-state index in [1.807, 2.05) is 6.92 Å². The number of rotatable bonds is 2. The highest BCUT2D eigenvalue weighted by Crippen LogP contribution is 2.20. The molecule has 0 heterocycles. The average Bonchev–Trinajstić information content (AvgIpc) is 2.16. The molecule has 13 heavy (non-hydrogen) atoms. The topological polar surface area (TPSA) is 34.0 Å². The molecule has 1 aliphatic rings. The average molecular weight is 182 g/mol. The minimum Gasteiger partial charge on any atom is -0.478 e. The quantitative estimate of drug-likeness (QED) is 0.477. The maximum Gasteiger partial charge on any atom is 0.186 e. The van der Waals surface area contributed by atoms with Crippen molar-refractivity contribution in [3.8, 4) is 0 Å². The van der Waals surface area contributed by atoms with Crippen molar-refractivity contribution in [1.82, 2.24) is 0 Å². The zero-order chi connectivity index (χ0) is 9.52. The predicted octanol–water partition coefficient (Wildman–Crippen LogP) is 2.41. The third kappa shape index (κ3) is 4.06. The maximum absolute atomic E-state index is 5.65. The molecule has 0 radical (unpaired) electrons. The largest absolute Gasteiger partial charge is 0.478 e. The SMILES string of the molecule is CN=CN=C(C)OC1CCCCC1. The second-order valence-corrected chi connectivity index (χ2v) is 3.40. The molecule has 0 aliphatic heterocycles. The first-order valence-corrected chi connectivity index (χ1v) is 4.94. The molecule has 0 saturated heterocycles. The Bertz CT molecular complexity index is 193. The summed E-state index contributed by atoms with van der Waals surface area (Å²) in [6.45, 7) is 1.89. The molecule has 0 aromatic rings. The van der Waals surface area contributed by atoms with E-state index in [9.17, 15) is 0 Å². The van der Waals surface area contributed by atoms with Gasteiger partial charge in [-0.25, -0.2) is 4.99 Å². The van der Waals surface area contributed by atoms with Crippen molar-refractivity contribution in [3.63, 3.8) is 0 Å². The summed E-state index contributed by atoms with van der Waals surface area (Å²) in [7, 11) is 1.71. The number of hydrogen-bond acceptors (Lipinski definition) is 2. The van der Waals surface area contributed by atoms with E-state index in [-0.39, 0.29) is 0 Å². The molecular formula is C10H18N2O. The lowest BCUT2D eigenvalue weighted by Gasteiger charge is -2.22. The zero-order valence-electron chi connectivity index (χ0n) is 8.49. The molecule has 74 valence electrons. The molecule has 0 spiro atoms. The van der Waals surface area contributed by atoms with Crippen LogP contribution in [-0.4, -0.2) is 25.4 Å². The maximum atomic E-state index is 5.65. The van der Waals surface area contributed by atoms with Gasteiger partial charge in [0.2, 0.25) is 0 Å². The van der Waals surface area contributed by atoms with Gasteiger partial charge in [0.15, 0.2) is 5.90 Å². The minimum atomic E-state index is 0.391. The van der Waals surface area contributed by atoms with Crippen LogP contribution < -0.4 is 0 Å². The lowest BCUT2D eigenvalue weighted by Crippen LogP contribution is -2.19. The van der Waals surface area contributed by atoms with Crippen LogP contribution in [0.5, 0.6) is 0 Å². The molecule has 1 saturated carbocycles. The van der Waals surface area contributed by atoms with Crippen LogP contribution in [0.3, 0.4) is 0 Å². The number of hydrogen-bond donors (Lipinski definition) is 0. The van der Waals surface area contributed by atoms with Gasteiger partial charge >= 0.3 is 0 Å². The molecule has 1 rings (SSSR count). The van der Waals surface area contributed by atoms with E-state index in [1.165, 1.54) is 38.4 Å². The van der Waals surface area contributed by atoms with Gasteiger partial charge < -0.3 is 4.74 Å². The van der Waals surface area contributed by atoms with Crippen molar-refractivity contribution in [1.29, 1.82) is 0 Å². The normalized spacial score (nSPS) is 20.9. The van der Waals surface area contributed by atoms with Crippen molar-refractivity contribution in [2.75, 3.05) is 7.05 Å². The van der Waals surface area contributed by atoms with E-state index in [0.717, 1.165) is 5.90 Å². The van der Waals surface area contributed by atoms with Gasteiger partial charge in [0, 0.05) is 14.0 Å². The highest BCUT2D eigenvalue weighted by molar-refractivity contribution is 5.82. The predicted molar refractivity (Wildman–Crippen MR) is 55.5 cm³/mol. The van der Waals surface area contributed by atoms with E-state index in [2.05, 4.69) is 9.98 Å². The molecule has 0 N–H and O–H groups in total. The van der Waals surface area contributed by atoms with Crippen LogP contribution in [0.25, 0.3) is 0 Å². The van der Waals surface area contributed by atoms with E-state index >= 15 is 0 Å². The Morgan fingerprint density at radius 3 is 2.62 bits per heavy atom. The lowest BCUT2D eigenvalue weighted by molar-refractivity contribution is 0.142. The molecule has 0 bridgehead atoms. The van der Waals surface area contributed by atoms with Gasteiger partial charge in [0.1, 0.15) is 12.4 Å². The summed E-state index contributed by atoms with van der Waals surface area (Å²) in [6.07, 6.45) is 8.21. The van der Waals surface area contributed by atoms with E-state index in [0.29, 0.717) is 6.10 Å². The van der Waals surface area contributed by atoms with E-state index < -0.39 is 0 Å². The van der Waals surface area contributed by atoms with Gasteiger partial charge in [0.25, 0.3) is 0 Å². The Hall–Kier alpha value is -0.860.